The minimum atomic E-state index is -0.341. The highest BCUT2D eigenvalue weighted by Crippen LogP contribution is 2.18. The van der Waals surface area contributed by atoms with E-state index >= 15 is 0 Å². The molecule has 0 bridgehead atoms. The Balaban J connectivity index is 1.51. The van der Waals surface area contributed by atoms with Gasteiger partial charge in [0.25, 0.3) is 0 Å². The number of nitrogens with two attached hydrogens (primary N) is 1. The summed E-state index contributed by atoms with van der Waals surface area (Å²) in [4.78, 5) is 12.0. The van der Waals surface area contributed by atoms with Crippen molar-refractivity contribution in [2.45, 2.75) is 11.8 Å². The quantitative estimate of drug-likeness (QED) is 0.295. The molecule has 10 heteroatoms. The molecule has 140 valence electrons. The number of thioether (sulfide) groups is 1. The molecule has 0 aliphatic rings. The third-order valence-corrected chi connectivity index (χ3v) is 5.04. The van der Waals surface area contributed by atoms with Crippen molar-refractivity contribution in [3.05, 3.63) is 63.7 Å². The molecule has 0 saturated carbocycles. The van der Waals surface area contributed by atoms with Gasteiger partial charge in [0.05, 0.1) is 5.75 Å². The van der Waals surface area contributed by atoms with Gasteiger partial charge in [0.2, 0.25) is 11.1 Å². The lowest BCUT2D eigenvalue weighted by Gasteiger charge is -2.07. The van der Waals surface area contributed by atoms with Crippen LogP contribution in [0, 0.1) is 9.39 Å². The Morgan fingerprint density at radius 1 is 1.19 bits per heavy atom. The predicted octanol–water partition coefficient (Wildman–Crippen LogP) is 3.05. The number of halogens is 2. The summed E-state index contributed by atoms with van der Waals surface area (Å²) in [5, 5.41) is 11.1. The van der Waals surface area contributed by atoms with Crippen LogP contribution in [0.25, 0.3) is 0 Å². The maximum atomic E-state index is 12.9. The highest BCUT2D eigenvalue weighted by Gasteiger charge is 2.13. The number of amides is 1. The van der Waals surface area contributed by atoms with Crippen LogP contribution in [0.3, 0.4) is 0 Å². The molecule has 1 aromatic heterocycles. The molecule has 3 rings (SSSR count). The van der Waals surface area contributed by atoms with Crippen LogP contribution in [0.15, 0.2) is 53.7 Å². The summed E-state index contributed by atoms with van der Waals surface area (Å²) < 4.78 is 20.7. The zero-order valence-electron chi connectivity index (χ0n) is 13.9. The molecule has 0 fully saturated rings. The number of anilines is 1. The fourth-order valence-corrected chi connectivity index (χ4v) is 3.08. The molecule has 3 aromatic rings. The van der Waals surface area contributed by atoms with Crippen LogP contribution in [0.5, 0.6) is 5.75 Å². The van der Waals surface area contributed by atoms with E-state index in [0.717, 1.165) is 9.26 Å². The number of hydrogen-bond donors (Lipinski definition) is 2. The third-order valence-electron chi connectivity index (χ3n) is 3.38. The van der Waals surface area contributed by atoms with Gasteiger partial charge in [-0.1, -0.05) is 11.8 Å². The highest BCUT2D eigenvalue weighted by molar-refractivity contribution is 14.1. The molecular formula is C17H15FIN5O2S. The summed E-state index contributed by atoms with van der Waals surface area (Å²) in [6.07, 6.45) is 0. The smallest absolute Gasteiger partial charge is 0.234 e. The fourth-order valence-electron chi connectivity index (χ4n) is 2.04. The van der Waals surface area contributed by atoms with Crippen molar-refractivity contribution in [3.63, 3.8) is 0 Å². The van der Waals surface area contributed by atoms with Crippen LogP contribution >= 0.6 is 34.4 Å². The average Bonchev–Trinajstić information content (AvgIpc) is 3.01. The first-order valence-electron chi connectivity index (χ1n) is 7.77. The average molecular weight is 499 g/mol. The van der Waals surface area contributed by atoms with E-state index in [4.69, 9.17) is 10.6 Å². The van der Waals surface area contributed by atoms with Gasteiger partial charge in [-0.3, -0.25) is 4.79 Å². The zero-order chi connectivity index (χ0) is 19.2. The first-order chi connectivity index (χ1) is 13.0. The number of nitrogens with zero attached hydrogens (tertiary/aromatic N) is 3. The van der Waals surface area contributed by atoms with Gasteiger partial charge in [0.1, 0.15) is 18.2 Å². The van der Waals surface area contributed by atoms with Gasteiger partial charge in [0, 0.05) is 9.26 Å². The third kappa shape index (κ3) is 5.57. The molecular weight excluding hydrogens is 484 g/mol. The Morgan fingerprint density at radius 3 is 2.59 bits per heavy atom. The Morgan fingerprint density at radius 2 is 1.89 bits per heavy atom. The number of benzene rings is 2. The van der Waals surface area contributed by atoms with Gasteiger partial charge in [-0.05, 0) is 71.1 Å². The number of carbonyl (C=O) groups is 1. The number of hydrogen-bond acceptors (Lipinski definition) is 6. The molecule has 2 aromatic carbocycles. The van der Waals surface area contributed by atoms with Crippen molar-refractivity contribution in [1.29, 1.82) is 0 Å². The van der Waals surface area contributed by atoms with Crippen LogP contribution in [-0.2, 0) is 11.4 Å². The monoisotopic (exact) mass is 499 g/mol. The summed E-state index contributed by atoms with van der Waals surface area (Å²) >= 11 is 3.36. The van der Waals surface area contributed by atoms with Gasteiger partial charge in [0.15, 0.2) is 5.82 Å². The Hall–Kier alpha value is -2.34. The van der Waals surface area contributed by atoms with Gasteiger partial charge in [-0.25, -0.2) is 9.07 Å². The number of ether oxygens (including phenoxy) is 1. The topological polar surface area (TPSA) is 95.1 Å². The molecule has 1 heterocycles. The molecule has 0 saturated heterocycles. The normalized spacial score (nSPS) is 10.6. The van der Waals surface area contributed by atoms with Crippen LogP contribution < -0.4 is 15.9 Å². The number of carbonyl (C=O) groups excluding carboxylic acids is 1. The number of nitrogen functional groups attached to an aromatic ring is 1. The lowest BCUT2D eigenvalue weighted by atomic mass is 10.3. The lowest BCUT2D eigenvalue weighted by Crippen LogP contribution is -2.18. The van der Waals surface area contributed by atoms with Crippen molar-refractivity contribution in [3.8, 4) is 5.75 Å². The van der Waals surface area contributed by atoms with E-state index in [-0.39, 0.29) is 24.1 Å². The van der Waals surface area contributed by atoms with Gasteiger partial charge in [-0.2, -0.15) is 0 Å². The largest absolute Gasteiger partial charge is 0.486 e. The SMILES string of the molecule is Nn1c(COc2ccc(F)cc2)nnc1SCC(=O)Nc1ccc(I)cc1. The Labute approximate surface area is 172 Å². The van der Waals surface area contributed by atoms with Crippen LogP contribution in [0.2, 0.25) is 0 Å². The van der Waals surface area contributed by atoms with E-state index in [0.29, 0.717) is 16.7 Å². The summed E-state index contributed by atoms with van der Waals surface area (Å²) in [5.41, 5.74) is 0.726. The maximum Gasteiger partial charge on any atom is 0.234 e. The fraction of sp³-hybridized carbons (Fsp3) is 0.118. The second-order valence-corrected chi connectivity index (χ2v) is 7.54. The summed E-state index contributed by atoms with van der Waals surface area (Å²) in [6.45, 7) is 0.0739. The van der Waals surface area contributed by atoms with Crippen molar-refractivity contribution < 1.29 is 13.9 Å². The van der Waals surface area contributed by atoms with Gasteiger partial charge >= 0.3 is 0 Å². The standard InChI is InChI=1S/C17H15FIN5O2S/c18-11-1-7-14(8-2-11)26-9-15-22-23-17(24(15)20)27-10-16(25)21-13-5-3-12(19)4-6-13/h1-8H,9-10,20H2,(H,21,25). The van der Waals surface area contributed by atoms with E-state index in [1.54, 1.807) is 0 Å². The van der Waals surface area contributed by atoms with Crippen molar-refractivity contribution in [2.24, 2.45) is 0 Å². The van der Waals surface area contributed by atoms with Crippen LogP contribution in [0.4, 0.5) is 10.1 Å². The number of rotatable bonds is 7. The van der Waals surface area contributed by atoms with Crippen LogP contribution in [0.1, 0.15) is 5.82 Å². The molecule has 3 N–H and O–H groups in total. The maximum absolute atomic E-state index is 12.9. The van der Waals surface area contributed by atoms with Crippen molar-refractivity contribution >= 4 is 45.9 Å². The molecule has 1 amide bonds. The minimum absolute atomic E-state index is 0.0739. The Bertz CT molecular complexity index is 918. The molecule has 0 atom stereocenters. The molecule has 0 unspecified atom stereocenters. The van der Waals surface area contributed by atoms with Gasteiger partial charge in [-0.15, -0.1) is 10.2 Å². The summed E-state index contributed by atoms with van der Waals surface area (Å²) in [6, 6.07) is 13.1. The highest BCUT2D eigenvalue weighted by atomic mass is 127. The first kappa shape index (κ1) is 19.4. The number of aromatic nitrogens is 3. The molecule has 27 heavy (non-hydrogen) atoms. The van der Waals surface area contributed by atoms with E-state index in [9.17, 15) is 9.18 Å². The van der Waals surface area contributed by atoms with E-state index in [1.165, 1.54) is 40.7 Å². The minimum Gasteiger partial charge on any atom is -0.486 e. The molecule has 0 aliphatic heterocycles. The zero-order valence-corrected chi connectivity index (χ0v) is 16.9. The molecule has 0 aliphatic carbocycles. The van der Waals surface area contributed by atoms with E-state index < -0.39 is 0 Å². The lowest BCUT2D eigenvalue weighted by molar-refractivity contribution is -0.113. The second kappa shape index (κ2) is 9.04. The van der Waals surface area contributed by atoms with Crippen LogP contribution in [-0.4, -0.2) is 26.5 Å². The number of nitrogens with one attached hydrogen (secondary N) is 1. The Kier molecular flexibility index (Phi) is 6.50. The summed E-state index contributed by atoms with van der Waals surface area (Å²) in [5.74, 6) is 6.45. The van der Waals surface area contributed by atoms with Crippen molar-refractivity contribution in [2.75, 3.05) is 16.9 Å². The molecule has 0 spiro atoms. The summed E-state index contributed by atoms with van der Waals surface area (Å²) in [7, 11) is 0. The first-order valence-corrected chi connectivity index (χ1v) is 9.83. The molecule has 0 radical (unpaired) electrons. The van der Waals surface area contributed by atoms with Gasteiger partial charge < -0.3 is 15.9 Å². The van der Waals surface area contributed by atoms with E-state index in [2.05, 4.69) is 38.1 Å². The molecule has 7 nitrogen and oxygen atoms in total. The predicted molar refractivity (Wildman–Crippen MR) is 109 cm³/mol. The van der Waals surface area contributed by atoms with Crippen molar-refractivity contribution in [1.82, 2.24) is 14.9 Å². The second-order valence-electron chi connectivity index (χ2n) is 5.36. The van der Waals surface area contributed by atoms with E-state index in [1.807, 2.05) is 24.3 Å².